The third kappa shape index (κ3) is 3.03. The summed E-state index contributed by atoms with van der Waals surface area (Å²) in [6, 6.07) is 4.39. The lowest BCUT2D eigenvalue weighted by Crippen LogP contribution is -2.32. The van der Waals surface area contributed by atoms with Crippen molar-refractivity contribution in [1.82, 2.24) is 0 Å². The summed E-state index contributed by atoms with van der Waals surface area (Å²) in [4.78, 5) is 12.5. The Kier molecular flexibility index (Phi) is 4.43. The van der Waals surface area contributed by atoms with E-state index < -0.39 is 5.82 Å². The van der Waals surface area contributed by atoms with Crippen molar-refractivity contribution in [2.45, 2.75) is 13.0 Å². The van der Waals surface area contributed by atoms with Crippen molar-refractivity contribution in [2.24, 2.45) is 0 Å². The SMILES string of the molecule is COCC(C)N(C)c1cc(F)cc(C=O)c1. The molecule has 0 N–H and O–H groups in total. The third-order valence-electron chi connectivity index (χ3n) is 2.52. The molecule has 1 unspecified atom stereocenters. The van der Waals surface area contributed by atoms with Crippen molar-refractivity contribution in [3.05, 3.63) is 29.6 Å². The van der Waals surface area contributed by atoms with Gasteiger partial charge in [0.15, 0.2) is 0 Å². The number of hydrogen-bond acceptors (Lipinski definition) is 3. The molecule has 3 nitrogen and oxygen atoms in total. The Morgan fingerprint density at radius 3 is 2.75 bits per heavy atom. The molecule has 0 amide bonds. The molecule has 4 heteroatoms. The van der Waals surface area contributed by atoms with E-state index in [9.17, 15) is 9.18 Å². The molecule has 0 aromatic heterocycles. The number of halogens is 1. The van der Waals surface area contributed by atoms with E-state index >= 15 is 0 Å². The first-order valence-corrected chi connectivity index (χ1v) is 5.06. The van der Waals surface area contributed by atoms with Crippen molar-refractivity contribution in [1.29, 1.82) is 0 Å². The van der Waals surface area contributed by atoms with Crippen LogP contribution in [-0.4, -0.2) is 33.1 Å². The van der Waals surface area contributed by atoms with Gasteiger partial charge in [0.25, 0.3) is 0 Å². The lowest BCUT2D eigenvalue weighted by atomic mass is 10.2. The van der Waals surface area contributed by atoms with E-state index in [2.05, 4.69) is 0 Å². The van der Waals surface area contributed by atoms with Crippen LogP contribution in [0.15, 0.2) is 18.2 Å². The fourth-order valence-corrected chi connectivity index (χ4v) is 1.48. The van der Waals surface area contributed by atoms with Crippen LogP contribution in [0.4, 0.5) is 10.1 Å². The van der Waals surface area contributed by atoms with Gasteiger partial charge in [-0.05, 0) is 25.1 Å². The van der Waals surface area contributed by atoms with Crippen LogP contribution in [0.5, 0.6) is 0 Å². The van der Waals surface area contributed by atoms with Gasteiger partial charge in [-0.1, -0.05) is 0 Å². The average molecular weight is 225 g/mol. The molecule has 0 aliphatic heterocycles. The number of carbonyl (C=O) groups is 1. The first-order chi connectivity index (χ1) is 7.58. The number of hydrogen-bond donors (Lipinski definition) is 0. The molecule has 1 rings (SSSR count). The number of benzene rings is 1. The van der Waals surface area contributed by atoms with E-state index in [4.69, 9.17) is 4.74 Å². The Morgan fingerprint density at radius 1 is 1.50 bits per heavy atom. The molecule has 0 spiro atoms. The molecule has 1 atom stereocenters. The standard InChI is InChI=1S/C12H16FNO2/c1-9(8-16-3)14(2)12-5-10(7-15)4-11(13)6-12/h4-7,9H,8H2,1-3H3. The predicted octanol–water partition coefficient (Wildman–Crippen LogP) is 2.11. The third-order valence-corrected chi connectivity index (χ3v) is 2.52. The molecule has 0 aliphatic rings. The van der Waals surface area contributed by atoms with Crippen molar-refractivity contribution in [2.75, 3.05) is 25.7 Å². The molecule has 1 aromatic carbocycles. The fourth-order valence-electron chi connectivity index (χ4n) is 1.48. The number of carbonyl (C=O) groups excluding carboxylic acids is 1. The highest BCUT2D eigenvalue weighted by molar-refractivity contribution is 5.77. The lowest BCUT2D eigenvalue weighted by molar-refractivity contribution is 0.112. The summed E-state index contributed by atoms with van der Waals surface area (Å²) in [7, 11) is 3.46. The van der Waals surface area contributed by atoms with Gasteiger partial charge in [0.1, 0.15) is 12.1 Å². The zero-order chi connectivity index (χ0) is 12.1. The summed E-state index contributed by atoms with van der Waals surface area (Å²) >= 11 is 0. The zero-order valence-electron chi connectivity index (χ0n) is 9.74. The summed E-state index contributed by atoms with van der Waals surface area (Å²) in [6.07, 6.45) is 0.640. The van der Waals surface area contributed by atoms with Gasteiger partial charge in [-0.3, -0.25) is 4.79 Å². The Balaban J connectivity index is 2.93. The maximum absolute atomic E-state index is 13.2. The largest absolute Gasteiger partial charge is 0.383 e. The van der Waals surface area contributed by atoms with Crippen LogP contribution in [0.2, 0.25) is 0 Å². The summed E-state index contributed by atoms with van der Waals surface area (Å²) in [5.41, 5.74) is 1.01. The monoisotopic (exact) mass is 225 g/mol. The van der Waals surface area contributed by atoms with Crippen LogP contribution in [0.25, 0.3) is 0 Å². The quantitative estimate of drug-likeness (QED) is 0.719. The minimum Gasteiger partial charge on any atom is -0.383 e. The highest BCUT2D eigenvalue weighted by Gasteiger charge is 2.11. The van der Waals surface area contributed by atoms with Gasteiger partial charge in [0.2, 0.25) is 0 Å². The van der Waals surface area contributed by atoms with Crippen LogP contribution in [0.3, 0.4) is 0 Å². The van der Waals surface area contributed by atoms with Crippen LogP contribution in [-0.2, 0) is 4.74 Å². The molecular formula is C12H16FNO2. The van der Waals surface area contributed by atoms with Gasteiger partial charge >= 0.3 is 0 Å². The highest BCUT2D eigenvalue weighted by atomic mass is 19.1. The molecule has 1 aromatic rings. The molecule has 0 saturated carbocycles. The van der Waals surface area contributed by atoms with Gasteiger partial charge in [0, 0.05) is 31.5 Å². The summed E-state index contributed by atoms with van der Waals surface area (Å²) < 4.78 is 18.2. The van der Waals surface area contributed by atoms with Crippen LogP contribution >= 0.6 is 0 Å². The van der Waals surface area contributed by atoms with Crippen molar-refractivity contribution >= 4 is 12.0 Å². The zero-order valence-corrected chi connectivity index (χ0v) is 9.74. The van der Waals surface area contributed by atoms with E-state index in [0.717, 1.165) is 0 Å². The highest BCUT2D eigenvalue weighted by Crippen LogP contribution is 2.18. The molecule has 16 heavy (non-hydrogen) atoms. The number of ether oxygens (including phenoxy) is 1. The maximum atomic E-state index is 13.2. The average Bonchev–Trinajstić information content (AvgIpc) is 2.27. The summed E-state index contributed by atoms with van der Waals surface area (Å²) in [5.74, 6) is -0.406. The number of anilines is 1. The van der Waals surface area contributed by atoms with Crippen LogP contribution < -0.4 is 4.90 Å². The second-order valence-corrected chi connectivity index (χ2v) is 3.78. The van der Waals surface area contributed by atoms with E-state index in [1.807, 2.05) is 18.9 Å². The normalized spacial score (nSPS) is 12.2. The Hall–Kier alpha value is -1.42. The first kappa shape index (κ1) is 12.6. The Bertz CT molecular complexity index is 368. The molecule has 88 valence electrons. The van der Waals surface area contributed by atoms with Crippen LogP contribution in [0, 0.1) is 5.82 Å². The number of rotatable bonds is 5. The number of likely N-dealkylation sites (N-methyl/N-ethyl adjacent to an activating group) is 1. The molecule has 0 saturated heterocycles. The topological polar surface area (TPSA) is 29.5 Å². The van der Waals surface area contributed by atoms with E-state index in [1.54, 1.807) is 13.2 Å². The van der Waals surface area contributed by atoms with Gasteiger partial charge in [-0.2, -0.15) is 0 Å². The van der Waals surface area contributed by atoms with E-state index in [1.165, 1.54) is 12.1 Å². The number of nitrogens with zero attached hydrogens (tertiary/aromatic N) is 1. The van der Waals surface area contributed by atoms with Gasteiger partial charge in [-0.15, -0.1) is 0 Å². The number of methoxy groups -OCH3 is 1. The van der Waals surface area contributed by atoms with Gasteiger partial charge < -0.3 is 9.64 Å². The number of aldehydes is 1. The van der Waals surface area contributed by atoms with Gasteiger partial charge in [-0.25, -0.2) is 4.39 Å². The second-order valence-electron chi connectivity index (χ2n) is 3.78. The fraction of sp³-hybridized carbons (Fsp3) is 0.417. The minimum absolute atomic E-state index is 0.117. The maximum Gasteiger partial charge on any atom is 0.150 e. The minimum atomic E-state index is -0.406. The Morgan fingerprint density at radius 2 is 2.19 bits per heavy atom. The first-order valence-electron chi connectivity index (χ1n) is 5.06. The van der Waals surface area contributed by atoms with Crippen molar-refractivity contribution in [3.63, 3.8) is 0 Å². The summed E-state index contributed by atoms with van der Waals surface area (Å²) in [5, 5.41) is 0. The smallest absolute Gasteiger partial charge is 0.150 e. The predicted molar refractivity (Wildman–Crippen MR) is 61.5 cm³/mol. The van der Waals surface area contributed by atoms with E-state index in [0.29, 0.717) is 24.1 Å². The van der Waals surface area contributed by atoms with Crippen molar-refractivity contribution in [3.8, 4) is 0 Å². The van der Waals surface area contributed by atoms with Gasteiger partial charge in [0.05, 0.1) is 6.61 Å². The van der Waals surface area contributed by atoms with Crippen molar-refractivity contribution < 1.29 is 13.9 Å². The molecule has 0 fully saturated rings. The molecule has 0 heterocycles. The Labute approximate surface area is 94.8 Å². The molecular weight excluding hydrogens is 209 g/mol. The second kappa shape index (κ2) is 5.61. The van der Waals surface area contributed by atoms with Crippen LogP contribution in [0.1, 0.15) is 17.3 Å². The summed E-state index contributed by atoms with van der Waals surface area (Å²) in [6.45, 7) is 2.51. The molecule has 0 bridgehead atoms. The molecule has 0 radical (unpaired) electrons. The molecule has 0 aliphatic carbocycles. The lowest BCUT2D eigenvalue weighted by Gasteiger charge is -2.26. The van der Waals surface area contributed by atoms with E-state index in [-0.39, 0.29) is 6.04 Å².